The molecule has 0 saturated heterocycles. The molecule has 0 bridgehead atoms. The van der Waals surface area contributed by atoms with Crippen LogP contribution in [-0.2, 0) is 0 Å². The van der Waals surface area contributed by atoms with Crippen molar-refractivity contribution in [3.8, 4) is 5.75 Å². The lowest BCUT2D eigenvalue weighted by molar-refractivity contribution is 0.417. The number of hydrogen-bond donors (Lipinski definition) is 4. The molecular weight excluding hydrogens is 268 g/mol. The summed E-state index contributed by atoms with van der Waals surface area (Å²) in [6.45, 7) is 0. The lowest BCUT2D eigenvalue weighted by atomic mass is 10.2. The molecule has 0 radical (unpaired) electrons. The van der Waals surface area contributed by atoms with Gasteiger partial charge in [-0.25, -0.2) is 0 Å². The summed E-state index contributed by atoms with van der Waals surface area (Å²) in [6, 6.07) is 5.57. The molecule has 7 heteroatoms. The summed E-state index contributed by atoms with van der Waals surface area (Å²) >= 11 is 10.1. The summed E-state index contributed by atoms with van der Waals surface area (Å²) in [5, 5.41) is 12.8. The molecule has 1 aromatic rings. The van der Waals surface area contributed by atoms with E-state index in [4.69, 9.17) is 29.2 Å². The minimum atomic E-state index is 0.515. The van der Waals surface area contributed by atoms with Gasteiger partial charge in [0.1, 0.15) is 5.75 Å². The average Bonchev–Trinajstić information content (AvgIpc) is 2.38. The summed E-state index contributed by atoms with van der Waals surface area (Å²) < 4.78 is 5.25. The Balaban J connectivity index is 2.94. The van der Waals surface area contributed by atoms with Crippen LogP contribution in [0.1, 0.15) is 0 Å². The molecule has 0 fully saturated rings. The first kappa shape index (κ1) is 14.5. The molecule has 0 aliphatic rings. The molecule has 98 valence electrons. The average molecular weight is 284 g/mol. The second-order valence-electron chi connectivity index (χ2n) is 3.32. The van der Waals surface area contributed by atoms with Crippen LogP contribution in [0.25, 0.3) is 0 Å². The van der Waals surface area contributed by atoms with E-state index in [-0.39, 0.29) is 0 Å². The summed E-state index contributed by atoms with van der Waals surface area (Å²) in [5.74, 6) is 0.702. The molecule has 1 aromatic carbocycles. The van der Waals surface area contributed by atoms with Crippen LogP contribution in [0.15, 0.2) is 18.2 Å². The quantitative estimate of drug-likeness (QED) is 0.628. The summed E-state index contributed by atoms with van der Waals surface area (Å²) in [6.07, 6.45) is 0. The van der Waals surface area contributed by atoms with Gasteiger partial charge in [-0.1, -0.05) is 0 Å². The number of anilines is 2. The zero-order chi connectivity index (χ0) is 13.5. The Bertz CT molecular complexity index is 451. The number of hydrogen-bond acceptors (Lipinski definition) is 3. The van der Waals surface area contributed by atoms with Crippen LogP contribution >= 0.6 is 24.4 Å². The summed E-state index contributed by atoms with van der Waals surface area (Å²) in [5.41, 5.74) is 1.61. The zero-order valence-electron chi connectivity index (χ0n) is 10.5. The van der Waals surface area contributed by atoms with Crippen LogP contribution in [0, 0.1) is 0 Å². The highest BCUT2D eigenvalue weighted by atomic mass is 32.1. The van der Waals surface area contributed by atoms with E-state index in [2.05, 4.69) is 21.3 Å². The number of benzene rings is 1. The molecule has 0 atom stereocenters. The van der Waals surface area contributed by atoms with Crippen molar-refractivity contribution in [1.82, 2.24) is 10.6 Å². The van der Waals surface area contributed by atoms with E-state index in [0.29, 0.717) is 16.0 Å². The van der Waals surface area contributed by atoms with Crippen LogP contribution in [-0.4, -0.2) is 31.4 Å². The highest BCUT2D eigenvalue weighted by Gasteiger charge is 2.06. The maximum atomic E-state index is 5.25. The lowest BCUT2D eigenvalue weighted by Crippen LogP contribution is -2.25. The van der Waals surface area contributed by atoms with Gasteiger partial charge < -0.3 is 26.0 Å². The Morgan fingerprint density at radius 1 is 1.06 bits per heavy atom. The van der Waals surface area contributed by atoms with Crippen molar-refractivity contribution < 1.29 is 4.74 Å². The first-order chi connectivity index (χ1) is 8.60. The van der Waals surface area contributed by atoms with Gasteiger partial charge in [0.15, 0.2) is 10.2 Å². The molecular formula is C11H16N4OS2. The maximum absolute atomic E-state index is 5.25. The Hall–Kier alpha value is -1.60. The zero-order valence-corrected chi connectivity index (χ0v) is 12.1. The van der Waals surface area contributed by atoms with E-state index in [9.17, 15) is 0 Å². The number of ether oxygens (including phenoxy) is 1. The normalized spacial score (nSPS) is 9.28. The van der Waals surface area contributed by atoms with Crippen LogP contribution in [0.3, 0.4) is 0 Å². The fourth-order valence-corrected chi connectivity index (χ4v) is 1.49. The van der Waals surface area contributed by atoms with Gasteiger partial charge in [-0.05, 0) is 42.6 Å². The molecule has 1 rings (SSSR count). The molecule has 18 heavy (non-hydrogen) atoms. The van der Waals surface area contributed by atoms with Crippen molar-refractivity contribution in [2.45, 2.75) is 0 Å². The third-order valence-electron chi connectivity index (χ3n) is 2.16. The Morgan fingerprint density at radius 3 is 2.22 bits per heavy atom. The standard InChI is InChI=1S/C11H16N4OS2/c1-12-10(17)14-7-4-5-9(16-3)8(6-7)15-11(18)13-2/h4-6H,1-3H3,(H2,12,14,17)(H2,13,15,18). The Morgan fingerprint density at radius 2 is 1.67 bits per heavy atom. The number of thiocarbonyl (C=S) groups is 2. The van der Waals surface area contributed by atoms with E-state index in [1.54, 1.807) is 21.2 Å². The molecule has 4 N–H and O–H groups in total. The van der Waals surface area contributed by atoms with Gasteiger partial charge in [0, 0.05) is 19.8 Å². The number of nitrogens with one attached hydrogen (secondary N) is 4. The van der Waals surface area contributed by atoms with Crippen LogP contribution in [0.5, 0.6) is 5.75 Å². The molecule has 0 aromatic heterocycles. The first-order valence-corrected chi connectivity index (χ1v) is 6.08. The molecule has 5 nitrogen and oxygen atoms in total. The Kier molecular flexibility index (Phi) is 5.60. The van der Waals surface area contributed by atoms with Crippen molar-refractivity contribution >= 4 is 46.0 Å². The van der Waals surface area contributed by atoms with Gasteiger partial charge in [-0.3, -0.25) is 0 Å². The van der Waals surface area contributed by atoms with Crippen molar-refractivity contribution in [2.75, 3.05) is 31.8 Å². The molecule has 0 unspecified atom stereocenters. The third kappa shape index (κ3) is 4.01. The predicted molar refractivity (Wildman–Crippen MR) is 83.6 cm³/mol. The number of rotatable bonds is 3. The van der Waals surface area contributed by atoms with E-state index >= 15 is 0 Å². The third-order valence-corrected chi connectivity index (χ3v) is 2.77. The van der Waals surface area contributed by atoms with Crippen molar-refractivity contribution in [3.05, 3.63) is 18.2 Å². The summed E-state index contributed by atoms with van der Waals surface area (Å²) in [4.78, 5) is 0. The SMILES string of the molecule is CNC(=S)Nc1ccc(OC)c(NC(=S)NC)c1. The Labute approximate surface area is 117 Å². The maximum Gasteiger partial charge on any atom is 0.170 e. The van der Waals surface area contributed by atoms with Gasteiger partial charge in [0.2, 0.25) is 0 Å². The largest absolute Gasteiger partial charge is 0.495 e. The van der Waals surface area contributed by atoms with Gasteiger partial charge in [-0.2, -0.15) is 0 Å². The van der Waals surface area contributed by atoms with Crippen molar-refractivity contribution in [3.63, 3.8) is 0 Å². The molecule has 0 heterocycles. The fourth-order valence-electron chi connectivity index (χ4n) is 1.26. The highest BCUT2D eigenvalue weighted by molar-refractivity contribution is 7.80. The van der Waals surface area contributed by atoms with Crippen molar-refractivity contribution in [2.24, 2.45) is 0 Å². The molecule has 0 spiro atoms. The first-order valence-electron chi connectivity index (χ1n) is 5.26. The summed E-state index contributed by atoms with van der Waals surface area (Å²) in [7, 11) is 5.11. The highest BCUT2D eigenvalue weighted by Crippen LogP contribution is 2.27. The second-order valence-corrected chi connectivity index (χ2v) is 4.14. The lowest BCUT2D eigenvalue weighted by Gasteiger charge is -2.14. The smallest absolute Gasteiger partial charge is 0.170 e. The van der Waals surface area contributed by atoms with Crippen molar-refractivity contribution in [1.29, 1.82) is 0 Å². The topological polar surface area (TPSA) is 57.4 Å². The molecule has 0 aliphatic heterocycles. The van der Waals surface area contributed by atoms with Crippen LogP contribution in [0.2, 0.25) is 0 Å². The fraction of sp³-hybridized carbons (Fsp3) is 0.273. The molecule has 0 saturated carbocycles. The van der Waals surface area contributed by atoms with Gasteiger partial charge in [0.05, 0.1) is 12.8 Å². The van der Waals surface area contributed by atoms with Gasteiger partial charge in [0.25, 0.3) is 0 Å². The van der Waals surface area contributed by atoms with Crippen LogP contribution in [0.4, 0.5) is 11.4 Å². The minimum Gasteiger partial charge on any atom is -0.495 e. The minimum absolute atomic E-state index is 0.515. The predicted octanol–water partition coefficient (Wildman–Crippen LogP) is 1.53. The van der Waals surface area contributed by atoms with Gasteiger partial charge >= 0.3 is 0 Å². The van der Waals surface area contributed by atoms with E-state index < -0.39 is 0 Å². The van der Waals surface area contributed by atoms with E-state index in [0.717, 1.165) is 11.4 Å². The monoisotopic (exact) mass is 284 g/mol. The van der Waals surface area contributed by atoms with E-state index in [1.807, 2.05) is 18.2 Å². The molecule has 0 amide bonds. The van der Waals surface area contributed by atoms with E-state index in [1.165, 1.54) is 0 Å². The van der Waals surface area contributed by atoms with Crippen LogP contribution < -0.4 is 26.0 Å². The second kappa shape index (κ2) is 6.97. The number of methoxy groups -OCH3 is 1. The molecule has 0 aliphatic carbocycles. The van der Waals surface area contributed by atoms with Gasteiger partial charge in [-0.15, -0.1) is 0 Å².